The molecular weight excluding hydrogens is 338 g/mol. The van der Waals surface area contributed by atoms with Crippen molar-refractivity contribution in [1.82, 2.24) is 14.9 Å². The van der Waals surface area contributed by atoms with E-state index in [4.69, 9.17) is 0 Å². The van der Waals surface area contributed by atoms with Gasteiger partial charge in [0, 0.05) is 19.6 Å². The van der Waals surface area contributed by atoms with Crippen LogP contribution in [0.1, 0.15) is 42.5 Å². The van der Waals surface area contributed by atoms with E-state index in [1.54, 1.807) is 24.3 Å². The van der Waals surface area contributed by atoms with Crippen LogP contribution in [-0.4, -0.2) is 51.4 Å². The summed E-state index contributed by atoms with van der Waals surface area (Å²) in [6.07, 6.45) is 4.87. The average Bonchev–Trinajstić information content (AvgIpc) is 3.16. The van der Waals surface area contributed by atoms with E-state index in [1.807, 2.05) is 0 Å². The molecule has 2 saturated heterocycles. The Morgan fingerprint density at radius 1 is 1.20 bits per heavy atom. The lowest BCUT2D eigenvalue weighted by molar-refractivity contribution is 0.0948. The minimum atomic E-state index is -3.62. The van der Waals surface area contributed by atoms with Gasteiger partial charge in [0.1, 0.15) is 0 Å². The second kappa shape index (κ2) is 8.29. The van der Waals surface area contributed by atoms with Crippen molar-refractivity contribution in [2.24, 2.45) is 5.92 Å². The third-order valence-electron chi connectivity index (χ3n) is 5.07. The maximum absolute atomic E-state index is 12.9. The third-order valence-corrected chi connectivity index (χ3v) is 7.02. The molecular formula is C18H27N3O3S. The summed E-state index contributed by atoms with van der Waals surface area (Å²) in [5, 5.41) is 6.20. The zero-order valence-electron chi connectivity index (χ0n) is 14.5. The van der Waals surface area contributed by atoms with Crippen LogP contribution in [0.3, 0.4) is 0 Å². The van der Waals surface area contributed by atoms with Crippen molar-refractivity contribution in [2.75, 3.05) is 32.7 Å². The molecule has 1 amide bonds. The summed E-state index contributed by atoms with van der Waals surface area (Å²) in [4.78, 5) is 12.7. The summed E-state index contributed by atoms with van der Waals surface area (Å²) >= 11 is 0. The number of carbonyl (C=O) groups excluding carboxylic acids is 1. The van der Waals surface area contributed by atoms with E-state index in [2.05, 4.69) is 10.6 Å². The standard InChI is InChI=1S/C18H27N3O3S/c22-18(20-11-9-15-8-10-19-14-15)16-6-2-3-7-17(16)25(23,24)21-12-4-1-5-13-21/h2-3,6-7,15,19H,1,4-5,8-14H2,(H,20,22). The Morgan fingerprint density at radius 2 is 1.96 bits per heavy atom. The number of hydrogen-bond acceptors (Lipinski definition) is 4. The largest absolute Gasteiger partial charge is 0.352 e. The molecule has 1 aromatic rings. The Morgan fingerprint density at radius 3 is 2.68 bits per heavy atom. The average molecular weight is 365 g/mol. The molecule has 0 radical (unpaired) electrons. The highest BCUT2D eigenvalue weighted by Gasteiger charge is 2.29. The van der Waals surface area contributed by atoms with E-state index in [0.29, 0.717) is 25.6 Å². The molecule has 1 unspecified atom stereocenters. The van der Waals surface area contributed by atoms with Crippen molar-refractivity contribution in [3.8, 4) is 0 Å². The van der Waals surface area contributed by atoms with E-state index in [9.17, 15) is 13.2 Å². The van der Waals surface area contributed by atoms with E-state index in [-0.39, 0.29) is 16.4 Å². The number of hydrogen-bond donors (Lipinski definition) is 2. The van der Waals surface area contributed by atoms with Crippen LogP contribution in [-0.2, 0) is 10.0 Å². The first-order valence-electron chi connectivity index (χ1n) is 9.17. The first-order valence-corrected chi connectivity index (χ1v) is 10.6. The van der Waals surface area contributed by atoms with Gasteiger partial charge < -0.3 is 10.6 Å². The fourth-order valence-corrected chi connectivity index (χ4v) is 5.28. The van der Waals surface area contributed by atoms with Crippen LogP contribution in [0, 0.1) is 5.92 Å². The fourth-order valence-electron chi connectivity index (χ4n) is 3.57. The van der Waals surface area contributed by atoms with Crippen LogP contribution in [0.4, 0.5) is 0 Å². The Bertz CT molecular complexity index is 693. The maximum Gasteiger partial charge on any atom is 0.252 e. The van der Waals surface area contributed by atoms with Crippen LogP contribution in [0.5, 0.6) is 0 Å². The summed E-state index contributed by atoms with van der Waals surface area (Å²) < 4.78 is 27.4. The molecule has 25 heavy (non-hydrogen) atoms. The van der Waals surface area contributed by atoms with Gasteiger partial charge in [-0.2, -0.15) is 4.31 Å². The highest BCUT2D eigenvalue weighted by Crippen LogP contribution is 2.23. The number of sulfonamides is 1. The molecule has 2 aliphatic rings. The molecule has 7 heteroatoms. The second-order valence-electron chi connectivity index (χ2n) is 6.86. The minimum Gasteiger partial charge on any atom is -0.352 e. The van der Waals surface area contributed by atoms with Crippen molar-refractivity contribution in [3.05, 3.63) is 29.8 Å². The fraction of sp³-hybridized carbons (Fsp3) is 0.611. The van der Waals surface area contributed by atoms with Crippen molar-refractivity contribution in [1.29, 1.82) is 0 Å². The summed E-state index contributed by atoms with van der Waals surface area (Å²) in [5.74, 6) is 0.287. The zero-order chi connectivity index (χ0) is 17.7. The van der Waals surface area contributed by atoms with Gasteiger partial charge in [0.2, 0.25) is 10.0 Å². The lowest BCUT2D eigenvalue weighted by Gasteiger charge is -2.26. The van der Waals surface area contributed by atoms with Crippen LogP contribution in [0.2, 0.25) is 0 Å². The van der Waals surface area contributed by atoms with Gasteiger partial charge in [-0.3, -0.25) is 4.79 Å². The molecule has 0 bridgehead atoms. The quantitative estimate of drug-likeness (QED) is 0.802. The molecule has 2 heterocycles. The normalized spacial score (nSPS) is 22.0. The predicted molar refractivity (Wildman–Crippen MR) is 97.0 cm³/mol. The van der Waals surface area contributed by atoms with Crippen molar-refractivity contribution in [3.63, 3.8) is 0 Å². The van der Waals surface area contributed by atoms with E-state index >= 15 is 0 Å². The molecule has 2 N–H and O–H groups in total. The molecule has 3 rings (SSSR count). The SMILES string of the molecule is O=C(NCCC1CCNC1)c1ccccc1S(=O)(=O)N1CCCCC1. The molecule has 0 aromatic heterocycles. The molecule has 2 fully saturated rings. The first-order chi connectivity index (χ1) is 12.1. The molecule has 1 aromatic carbocycles. The molecule has 1 atom stereocenters. The highest BCUT2D eigenvalue weighted by atomic mass is 32.2. The molecule has 0 saturated carbocycles. The third kappa shape index (κ3) is 4.40. The van der Waals surface area contributed by atoms with Gasteiger partial charge >= 0.3 is 0 Å². The lowest BCUT2D eigenvalue weighted by atomic mass is 10.1. The summed E-state index contributed by atoms with van der Waals surface area (Å²) in [5.41, 5.74) is 0.248. The number of nitrogens with one attached hydrogen (secondary N) is 2. The van der Waals surface area contributed by atoms with Crippen LogP contribution >= 0.6 is 0 Å². The second-order valence-corrected chi connectivity index (χ2v) is 8.77. The monoisotopic (exact) mass is 365 g/mol. The molecule has 0 aliphatic carbocycles. The topological polar surface area (TPSA) is 78.5 Å². The molecule has 6 nitrogen and oxygen atoms in total. The summed E-state index contributed by atoms with van der Waals surface area (Å²) in [6.45, 7) is 3.68. The van der Waals surface area contributed by atoms with E-state index in [1.165, 1.54) is 4.31 Å². The lowest BCUT2D eigenvalue weighted by Crippen LogP contribution is -2.37. The Labute approximate surface area is 150 Å². The van der Waals surface area contributed by atoms with Gasteiger partial charge in [0.15, 0.2) is 0 Å². The van der Waals surface area contributed by atoms with Gasteiger partial charge in [-0.1, -0.05) is 18.6 Å². The van der Waals surface area contributed by atoms with Crippen LogP contribution < -0.4 is 10.6 Å². The highest BCUT2D eigenvalue weighted by molar-refractivity contribution is 7.89. The van der Waals surface area contributed by atoms with Gasteiger partial charge in [-0.05, 0) is 56.8 Å². The van der Waals surface area contributed by atoms with Crippen molar-refractivity contribution < 1.29 is 13.2 Å². The summed E-state index contributed by atoms with van der Waals surface area (Å²) in [6, 6.07) is 6.53. The van der Waals surface area contributed by atoms with Crippen LogP contribution in [0.25, 0.3) is 0 Å². The number of amides is 1. The van der Waals surface area contributed by atoms with Crippen LogP contribution in [0.15, 0.2) is 29.2 Å². The Kier molecular flexibility index (Phi) is 6.09. The molecule has 0 spiro atoms. The predicted octanol–water partition coefficient (Wildman–Crippen LogP) is 1.59. The number of carbonyl (C=O) groups is 1. The number of nitrogens with zero attached hydrogens (tertiary/aromatic N) is 1. The Balaban J connectivity index is 1.70. The zero-order valence-corrected chi connectivity index (χ0v) is 15.4. The number of rotatable bonds is 6. The van der Waals surface area contributed by atoms with Gasteiger partial charge in [-0.15, -0.1) is 0 Å². The smallest absolute Gasteiger partial charge is 0.252 e. The minimum absolute atomic E-state index is 0.122. The first kappa shape index (κ1) is 18.4. The maximum atomic E-state index is 12.9. The van der Waals surface area contributed by atoms with E-state index < -0.39 is 10.0 Å². The van der Waals surface area contributed by atoms with E-state index in [0.717, 1.165) is 45.2 Å². The van der Waals surface area contributed by atoms with Gasteiger partial charge in [-0.25, -0.2) is 8.42 Å². The van der Waals surface area contributed by atoms with Crippen molar-refractivity contribution >= 4 is 15.9 Å². The Hall–Kier alpha value is -1.44. The van der Waals surface area contributed by atoms with Gasteiger partial charge in [0.25, 0.3) is 5.91 Å². The van der Waals surface area contributed by atoms with Gasteiger partial charge in [0.05, 0.1) is 10.5 Å². The molecule has 2 aliphatic heterocycles. The van der Waals surface area contributed by atoms with Crippen molar-refractivity contribution in [2.45, 2.75) is 37.0 Å². The summed E-state index contributed by atoms with van der Waals surface area (Å²) in [7, 11) is -3.62. The number of benzene rings is 1. The number of piperidine rings is 1. The molecule has 138 valence electrons.